The van der Waals surface area contributed by atoms with E-state index in [9.17, 15) is 10.1 Å². The van der Waals surface area contributed by atoms with Crippen LogP contribution < -0.4 is 0 Å². The number of para-hydroxylation sites is 2. The summed E-state index contributed by atoms with van der Waals surface area (Å²) < 4.78 is 2.16. The van der Waals surface area contributed by atoms with Gasteiger partial charge in [0.25, 0.3) is 5.69 Å². The lowest BCUT2D eigenvalue weighted by Crippen LogP contribution is -2.16. The van der Waals surface area contributed by atoms with E-state index in [1.54, 1.807) is 24.3 Å². The fourth-order valence-corrected chi connectivity index (χ4v) is 2.61. The molecule has 0 atom stereocenters. The van der Waals surface area contributed by atoms with Gasteiger partial charge >= 0.3 is 0 Å². The van der Waals surface area contributed by atoms with Gasteiger partial charge < -0.3 is 9.47 Å². The number of benzene rings is 2. The maximum absolute atomic E-state index is 10.8. The van der Waals surface area contributed by atoms with E-state index in [0.29, 0.717) is 6.54 Å². The minimum Gasteiger partial charge on any atom is -0.322 e. The smallest absolute Gasteiger partial charge is 0.269 e. The molecule has 0 amide bonds. The molecular weight excluding hydrogens is 292 g/mol. The highest BCUT2D eigenvalue weighted by Crippen LogP contribution is 2.20. The molecule has 6 nitrogen and oxygen atoms in total. The van der Waals surface area contributed by atoms with Crippen LogP contribution in [0.4, 0.5) is 5.69 Å². The predicted molar refractivity (Wildman–Crippen MR) is 89.3 cm³/mol. The number of nitrogens with zero attached hydrogens (tertiary/aromatic N) is 4. The fraction of sp³-hybridized carbons (Fsp3) is 0.235. The number of rotatable bonds is 5. The molecule has 6 heteroatoms. The summed E-state index contributed by atoms with van der Waals surface area (Å²) in [6, 6.07) is 14.7. The Balaban J connectivity index is 1.98. The molecule has 0 unspecified atom stereocenters. The summed E-state index contributed by atoms with van der Waals surface area (Å²) in [7, 11) is 4.02. The van der Waals surface area contributed by atoms with E-state index < -0.39 is 0 Å². The Morgan fingerprint density at radius 3 is 2.48 bits per heavy atom. The van der Waals surface area contributed by atoms with E-state index in [2.05, 4.69) is 9.47 Å². The van der Waals surface area contributed by atoms with E-state index in [4.69, 9.17) is 4.98 Å². The van der Waals surface area contributed by atoms with Crippen LogP contribution in [-0.4, -0.2) is 33.5 Å². The van der Waals surface area contributed by atoms with E-state index in [-0.39, 0.29) is 10.6 Å². The number of nitro groups is 1. The van der Waals surface area contributed by atoms with E-state index in [0.717, 1.165) is 29.0 Å². The molecule has 0 aliphatic heterocycles. The van der Waals surface area contributed by atoms with Gasteiger partial charge in [-0.1, -0.05) is 24.3 Å². The van der Waals surface area contributed by atoms with Crippen LogP contribution in [0.2, 0.25) is 0 Å². The van der Waals surface area contributed by atoms with E-state index in [1.807, 2.05) is 38.4 Å². The first-order valence-corrected chi connectivity index (χ1v) is 7.37. The first-order chi connectivity index (χ1) is 11.0. The van der Waals surface area contributed by atoms with Crippen molar-refractivity contribution in [3.05, 3.63) is 70.0 Å². The standard InChI is InChI=1S/C17H18N4O2/c1-19(2)12-17-18-15-5-3-4-6-16(15)20(17)11-13-7-9-14(10-8-13)21(22)23/h3-10H,11-12H2,1-2H3. The van der Waals surface area contributed by atoms with Crippen LogP contribution in [0.15, 0.2) is 48.5 Å². The largest absolute Gasteiger partial charge is 0.322 e. The second kappa shape index (κ2) is 6.18. The van der Waals surface area contributed by atoms with Crippen LogP contribution in [0.3, 0.4) is 0 Å². The number of nitro benzene ring substituents is 1. The summed E-state index contributed by atoms with van der Waals surface area (Å²) in [5.74, 6) is 0.981. The maximum atomic E-state index is 10.8. The number of hydrogen-bond acceptors (Lipinski definition) is 4. The summed E-state index contributed by atoms with van der Waals surface area (Å²) in [4.78, 5) is 17.2. The third kappa shape index (κ3) is 3.22. The first-order valence-electron chi connectivity index (χ1n) is 7.37. The van der Waals surface area contributed by atoms with Gasteiger partial charge in [0, 0.05) is 18.7 Å². The van der Waals surface area contributed by atoms with Gasteiger partial charge in [-0.2, -0.15) is 0 Å². The van der Waals surface area contributed by atoms with E-state index in [1.165, 1.54) is 0 Å². The molecular formula is C17H18N4O2. The lowest BCUT2D eigenvalue weighted by molar-refractivity contribution is -0.384. The zero-order chi connectivity index (χ0) is 16.4. The molecule has 0 N–H and O–H groups in total. The molecule has 2 aromatic carbocycles. The second-order valence-corrected chi connectivity index (χ2v) is 5.76. The third-order valence-electron chi connectivity index (χ3n) is 3.68. The van der Waals surface area contributed by atoms with Crippen molar-refractivity contribution in [1.82, 2.24) is 14.5 Å². The van der Waals surface area contributed by atoms with Crippen LogP contribution in [-0.2, 0) is 13.1 Å². The summed E-state index contributed by atoms with van der Waals surface area (Å²) in [6.07, 6.45) is 0. The van der Waals surface area contributed by atoms with Gasteiger partial charge in [-0.3, -0.25) is 10.1 Å². The van der Waals surface area contributed by atoms with Gasteiger partial charge in [-0.25, -0.2) is 4.98 Å². The summed E-state index contributed by atoms with van der Waals surface area (Å²) >= 11 is 0. The first kappa shape index (κ1) is 15.2. The highest BCUT2D eigenvalue weighted by atomic mass is 16.6. The van der Waals surface area contributed by atoms with Gasteiger partial charge in [0.15, 0.2) is 0 Å². The molecule has 0 radical (unpaired) electrons. The zero-order valence-electron chi connectivity index (χ0n) is 13.1. The lowest BCUT2D eigenvalue weighted by atomic mass is 10.2. The number of hydrogen-bond donors (Lipinski definition) is 0. The van der Waals surface area contributed by atoms with Crippen molar-refractivity contribution in [1.29, 1.82) is 0 Å². The Morgan fingerprint density at radius 1 is 1.13 bits per heavy atom. The Labute approximate surface area is 134 Å². The van der Waals surface area contributed by atoms with Crippen molar-refractivity contribution >= 4 is 16.7 Å². The van der Waals surface area contributed by atoms with Crippen molar-refractivity contribution in [2.24, 2.45) is 0 Å². The summed E-state index contributed by atoms with van der Waals surface area (Å²) in [5.41, 5.74) is 3.16. The van der Waals surface area contributed by atoms with Crippen LogP contribution in [0, 0.1) is 10.1 Å². The zero-order valence-corrected chi connectivity index (χ0v) is 13.1. The molecule has 0 aliphatic carbocycles. The summed E-state index contributed by atoms with van der Waals surface area (Å²) in [5, 5.41) is 10.8. The molecule has 118 valence electrons. The van der Waals surface area contributed by atoms with Crippen molar-refractivity contribution in [3.63, 3.8) is 0 Å². The van der Waals surface area contributed by atoms with Crippen molar-refractivity contribution in [2.45, 2.75) is 13.1 Å². The molecule has 0 saturated heterocycles. The molecule has 0 aliphatic rings. The third-order valence-corrected chi connectivity index (χ3v) is 3.68. The molecule has 3 rings (SSSR count). The minimum atomic E-state index is -0.381. The Bertz CT molecular complexity index is 837. The number of imidazole rings is 1. The van der Waals surface area contributed by atoms with Gasteiger partial charge in [-0.15, -0.1) is 0 Å². The molecule has 0 fully saturated rings. The summed E-state index contributed by atoms with van der Waals surface area (Å²) in [6.45, 7) is 1.38. The lowest BCUT2D eigenvalue weighted by Gasteiger charge is -2.13. The van der Waals surface area contributed by atoms with Crippen LogP contribution in [0.5, 0.6) is 0 Å². The monoisotopic (exact) mass is 310 g/mol. The fourth-order valence-electron chi connectivity index (χ4n) is 2.61. The maximum Gasteiger partial charge on any atom is 0.269 e. The quantitative estimate of drug-likeness (QED) is 0.536. The molecule has 23 heavy (non-hydrogen) atoms. The number of aromatic nitrogens is 2. The number of non-ortho nitro benzene ring substituents is 1. The minimum absolute atomic E-state index is 0.109. The van der Waals surface area contributed by atoms with Crippen molar-refractivity contribution in [3.8, 4) is 0 Å². The van der Waals surface area contributed by atoms with E-state index >= 15 is 0 Å². The molecule has 0 bridgehead atoms. The van der Waals surface area contributed by atoms with Crippen molar-refractivity contribution in [2.75, 3.05) is 14.1 Å². The average Bonchev–Trinajstić information content (AvgIpc) is 2.85. The normalized spacial score (nSPS) is 11.3. The Morgan fingerprint density at radius 2 is 1.83 bits per heavy atom. The highest BCUT2D eigenvalue weighted by molar-refractivity contribution is 5.76. The molecule has 3 aromatic rings. The molecule has 1 aromatic heterocycles. The topological polar surface area (TPSA) is 64.2 Å². The van der Waals surface area contributed by atoms with Gasteiger partial charge in [-0.05, 0) is 31.8 Å². The van der Waals surface area contributed by atoms with Gasteiger partial charge in [0.1, 0.15) is 5.82 Å². The Kier molecular flexibility index (Phi) is 4.08. The predicted octanol–water partition coefficient (Wildman–Crippen LogP) is 3.05. The Hall–Kier alpha value is -2.73. The second-order valence-electron chi connectivity index (χ2n) is 5.76. The molecule has 1 heterocycles. The van der Waals surface area contributed by atoms with Crippen LogP contribution >= 0.6 is 0 Å². The molecule has 0 spiro atoms. The van der Waals surface area contributed by atoms with Crippen molar-refractivity contribution < 1.29 is 4.92 Å². The van der Waals surface area contributed by atoms with Crippen LogP contribution in [0.1, 0.15) is 11.4 Å². The highest BCUT2D eigenvalue weighted by Gasteiger charge is 2.12. The average molecular weight is 310 g/mol. The number of fused-ring (bicyclic) bond motifs is 1. The van der Waals surface area contributed by atoms with Gasteiger partial charge in [0.05, 0.1) is 22.5 Å². The SMILES string of the molecule is CN(C)Cc1nc2ccccc2n1Cc1ccc([N+](=O)[O-])cc1. The van der Waals surface area contributed by atoms with Gasteiger partial charge in [0.2, 0.25) is 0 Å². The van der Waals surface area contributed by atoms with Crippen LogP contribution in [0.25, 0.3) is 11.0 Å². The molecule has 0 saturated carbocycles.